The maximum Gasteiger partial charge on any atom is 0.329 e. The van der Waals surface area contributed by atoms with Crippen LogP contribution in [0.5, 0.6) is 0 Å². The Bertz CT molecular complexity index is 541. The Kier molecular flexibility index (Phi) is 5.12. The van der Waals surface area contributed by atoms with Gasteiger partial charge in [-0.3, -0.25) is 9.59 Å². The number of carbonyl (C=O) groups is 3. The molecule has 128 valence electrons. The number of allylic oxidation sites excluding steroid dienone is 2. The van der Waals surface area contributed by atoms with Crippen molar-refractivity contribution in [1.29, 1.82) is 0 Å². The van der Waals surface area contributed by atoms with Gasteiger partial charge in [0, 0.05) is 17.0 Å². The normalized spacial score (nSPS) is 28.5. The number of amides is 1. The number of likely N-dealkylation sites (tertiary alicyclic amines) is 1. The molecule has 1 fully saturated rings. The molecule has 6 heteroatoms. The second kappa shape index (κ2) is 6.72. The first-order chi connectivity index (χ1) is 10.8. The predicted molar refractivity (Wildman–Crippen MR) is 83.1 cm³/mol. The van der Waals surface area contributed by atoms with Crippen LogP contribution in [0.3, 0.4) is 0 Å². The molecule has 2 aliphatic rings. The van der Waals surface area contributed by atoms with E-state index in [4.69, 9.17) is 4.74 Å². The number of fused-ring (bicyclic) bond motifs is 1. The zero-order chi connectivity index (χ0) is 17.2. The average molecular weight is 323 g/mol. The zero-order valence-electron chi connectivity index (χ0n) is 14.3. The minimum absolute atomic E-state index is 0.130. The third-order valence-corrected chi connectivity index (χ3v) is 4.94. The van der Waals surface area contributed by atoms with Gasteiger partial charge in [0.25, 0.3) is 0 Å². The molecule has 0 aromatic carbocycles. The van der Waals surface area contributed by atoms with Gasteiger partial charge in [-0.15, -0.1) is 0 Å². The molecule has 0 bridgehead atoms. The fraction of sp³-hybridized carbons (Fsp3) is 0.706. The van der Waals surface area contributed by atoms with Crippen LogP contribution in [-0.4, -0.2) is 43.0 Å². The Morgan fingerprint density at radius 3 is 2.70 bits per heavy atom. The van der Waals surface area contributed by atoms with E-state index < -0.39 is 18.0 Å². The Morgan fingerprint density at radius 2 is 2.09 bits per heavy atom. The third-order valence-electron chi connectivity index (χ3n) is 4.94. The summed E-state index contributed by atoms with van der Waals surface area (Å²) in [5.41, 5.74) is 0.708. The van der Waals surface area contributed by atoms with E-state index >= 15 is 0 Å². The van der Waals surface area contributed by atoms with Crippen molar-refractivity contribution < 1.29 is 23.9 Å². The largest absolute Gasteiger partial charge is 0.469 e. The van der Waals surface area contributed by atoms with E-state index in [0.717, 1.165) is 31.4 Å². The van der Waals surface area contributed by atoms with E-state index in [1.807, 2.05) is 13.0 Å². The molecule has 1 aliphatic carbocycles. The highest BCUT2D eigenvalue weighted by molar-refractivity contribution is 5.91. The molecule has 2 rings (SSSR count). The summed E-state index contributed by atoms with van der Waals surface area (Å²) in [4.78, 5) is 38.2. The van der Waals surface area contributed by atoms with Gasteiger partial charge in [0.2, 0.25) is 5.91 Å². The summed E-state index contributed by atoms with van der Waals surface area (Å²) in [5, 5.41) is 0. The zero-order valence-corrected chi connectivity index (χ0v) is 14.3. The van der Waals surface area contributed by atoms with Crippen LogP contribution in [0.25, 0.3) is 0 Å². The van der Waals surface area contributed by atoms with Crippen LogP contribution in [0.2, 0.25) is 0 Å². The lowest BCUT2D eigenvalue weighted by Gasteiger charge is -2.49. The minimum Gasteiger partial charge on any atom is -0.469 e. The average Bonchev–Trinajstić information content (AvgIpc) is 2.53. The summed E-state index contributed by atoms with van der Waals surface area (Å²) in [5.74, 6) is -1.45. The molecular formula is C17H25NO5. The Balaban J connectivity index is 2.44. The van der Waals surface area contributed by atoms with Crippen molar-refractivity contribution in [3.63, 3.8) is 0 Å². The lowest BCUT2D eigenvalue weighted by atomic mass is 9.68. The molecule has 1 amide bonds. The smallest absolute Gasteiger partial charge is 0.329 e. The first-order valence-corrected chi connectivity index (χ1v) is 8.02. The highest BCUT2D eigenvalue weighted by Crippen LogP contribution is 2.48. The lowest BCUT2D eigenvalue weighted by molar-refractivity contribution is -0.160. The summed E-state index contributed by atoms with van der Waals surface area (Å²) < 4.78 is 9.52. The first-order valence-electron chi connectivity index (χ1n) is 8.02. The maximum absolute atomic E-state index is 12.8. The SMILES string of the molecule is COC(=O)C[C@@H](C(=O)OC)N1C(=O)C(C)CC2(C)CCCC=C12. The van der Waals surface area contributed by atoms with E-state index in [0.29, 0.717) is 0 Å². The molecule has 0 spiro atoms. The van der Waals surface area contributed by atoms with Crippen LogP contribution in [0.15, 0.2) is 11.8 Å². The van der Waals surface area contributed by atoms with Gasteiger partial charge in [0.05, 0.1) is 20.6 Å². The number of piperidine rings is 1. The molecule has 6 nitrogen and oxygen atoms in total. The third kappa shape index (κ3) is 3.26. The number of carbonyl (C=O) groups excluding carboxylic acids is 3. The van der Waals surface area contributed by atoms with E-state index in [2.05, 4.69) is 11.7 Å². The Morgan fingerprint density at radius 1 is 1.39 bits per heavy atom. The predicted octanol–water partition coefficient (Wildman–Crippen LogP) is 2.03. The van der Waals surface area contributed by atoms with Crippen molar-refractivity contribution in [1.82, 2.24) is 4.90 Å². The van der Waals surface area contributed by atoms with Gasteiger partial charge in [-0.25, -0.2) is 4.79 Å². The van der Waals surface area contributed by atoms with Gasteiger partial charge in [-0.2, -0.15) is 0 Å². The number of nitrogens with zero attached hydrogens (tertiary/aromatic N) is 1. The second-order valence-corrected chi connectivity index (χ2v) is 6.67. The maximum atomic E-state index is 12.8. The van der Waals surface area contributed by atoms with Gasteiger partial charge < -0.3 is 14.4 Å². The fourth-order valence-corrected chi connectivity index (χ4v) is 3.80. The summed E-state index contributed by atoms with van der Waals surface area (Å²) in [6.45, 7) is 4.00. The molecule has 23 heavy (non-hydrogen) atoms. The van der Waals surface area contributed by atoms with Crippen LogP contribution in [0.1, 0.15) is 46.0 Å². The fourth-order valence-electron chi connectivity index (χ4n) is 3.80. The Labute approximate surface area is 136 Å². The number of ether oxygens (including phenoxy) is 2. The lowest BCUT2D eigenvalue weighted by Crippen LogP contribution is -2.55. The molecular weight excluding hydrogens is 298 g/mol. The van der Waals surface area contributed by atoms with Crippen molar-refractivity contribution in [3.8, 4) is 0 Å². The van der Waals surface area contributed by atoms with Crippen LogP contribution >= 0.6 is 0 Å². The van der Waals surface area contributed by atoms with Crippen LogP contribution in [-0.2, 0) is 23.9 Å². The van der Waals surface area contributed by atoms with Crippen molar-refractivity contribution in [2.75, 3.05) is 14.2 Å². The monoisotopic (exact) mass is 323 g/mol. The van der Waals surface area contributed by atoms with Crippen LogP contribution < -0.4 is 0 Å². The summed E-state index contributed by atoms with van der Waals surface area (Å²) in [6, 6.07) is -0.966. The van der Waals surface area contributed by atoms with Crippen LogP contribution in [0.4, 0.5) is 0 Å². The minimum atomic E-state index is -0.966. The number of rotatable bonds is 4. The van der Waals surface area contributed by atoms with Crippen molar-refractivity contribution in [2.45, 2.75) is 52.0 Å². The number of hydrogen-bond donors (Lipinski definition) is 0. The molecule has 1 aliphatic heterocycles. The summed E-state index contributed by atoms with van der Waals surface area (Å²) in [7, 11) is 2.53. The summed E-state index contributed by atoms with van der Waals surface area (Å²) >= 11 is 0. The topological polar surface area (TPSA) is 72.9 Å². The molecule has 0 radical (unpaired) electrons. The highest BCUT2D eigenvalue weighted by Gasteiger charge is 2.48. The van der Waals surface area contributed by atoms with Crippen molar-refractivity contribution >= 4 is 17.8 Å². The van der Waals surface area contributed by atoms with E-state index in [1.54, 1.807) is 0 Å². The standard InChI is InChI=1S/C17H25NO5/c1-11-10-17(2)8-6-5-7-13(17)18(15(11)20)12(16(21)23-4)9-14(19)22-3/h7,11-12H,5-6,8-10H2,1-4H3/t11?,12-,17?/m0/s1. The number of methoxy groups -OCH3 is 2. The van der Waals surface area contributed by atoms with Crippen molar-refractivity contribution in [2.24, 2.45) is 11.3 Å². The van der Waals surface area contributed by atoms with Crippen LogP contribution in [0, 0.1) is 11.3 Å². The quantitative estimate of drug-likeness (QED) is 0.740. The first kappa shape index (κ1) is 17.5. The van der Waals surface area contributed by atoms with Gasteiger partial charge >= 0.3 is 11.9 Å². The number of esters is 2. The summed E-state index contributed by atoms with van der Waals surface area (Å²) in [6.07, 6.45) is 5.50. The van der Waals surface area contributed by atoms with E-state index in [-0.39, 0.29) is 23.7 Å². The van der Waals surface area contributed by atoms with E-state index in [1.165, 1.54) is 19.1 Å². The number of hydrogen-bond acceptors (Lipinski definition) is 5. The van der Waals surface area contributed by atoms with Crippen molar-refractivity contribution in [3.05, 3.63) is 11.8 Å². The second-order valence-electron chi connectivity index (χ2n) is 6.67. The molecule has 1 saturated heterocycles. The highest BCUT2D eigenvalue weighted by atomic mass is 16.5. The molecule has 2 unspecified atom stereocenters. The van der Waals surface area contributed by atoms with Gasteiger partial charge in [-0.05, 0) is 25.7 Å². The molecule has 0 saturated carbocycles. The molecule has 1 heterocycles. The molecule has 0 aromatic rings. The molecule has 3 atom stereocenters. The van der Waals surface area contributed by atoms with E-state index in [9.17, 15) is 14.4 Å². The van der Waals surface area contributed by atoms with Gasteiger partial charge in [-0.1, -0.05) is 19.9 Å². The Hall–Kier alpha value is -1.85. The van der Waals surface area contributed by atoms with Gasteiger partial charge in [0.15, 0.2) is 0 Å². The van der Waals surface area contributed by atoms with Gasteiger partial charge in [0.1, 0.15) is 6.04 Å². The molecule has 0 aromatic heterocycles. The molecule has 0 N–H and O–H groups in total.